The highest BCUT2D eigenvalue weighted by Gasteiger charge is 2.20. The number of aromatic nitrogens is 1. The quantitative estimate of drug-likeness (QED) is 0.859. The minimum absolute atomic E-state index is 0.00301. The lowest BCUT2D eigenvalue weighted by Crippen LogP contribution is -2.06. The van der Waals surface area contributed by atoms with Crippen molar-refractivity contribution in [3.05, 3.63) is 43.8 Å². The molecular weight excluding hydrogens is 340 g/mol. The van der Waals surface area contributed by atoms with Gasteiger partial charge in [0.25, 0.3) is 0 Å². The number of Topliss-reactive ketones (excluding diaryl/α,β-unsaturated/α-hetero) is 1. The molecular formula is C14H13BrN2O2S. The van der Waals surface area contributed by atoms with Crippen molar-refractivity contribution in [3.8, 4) is 5.75 Å². The van der Waals surface area contributed by atoms with Crippen LogP contribution < -0.4 is 10.5 Å². The maximum Gasteiger partial charge on any atom is 0.186 e. The monoisotopic (exact) mass is 352 g/mol. The van der Waals surface area contributed by atoms with Crippen molar-refractivity contribution < 1.29 is 9.53 Å². The summed E-state index contributed by atoms with van der Waals surface area (Å²) in [6.45, 7) is 1.05. The Balaban J connectivity index is 1.86. The maximum absolute atomic E-state index is 12.3. The Morgan fingerprint density at radius 3 is 3.10 bits per heavy atom. The predicted molar refractivity (Wildman–Crippen MR) is 81.4 cm³/mol. The van der Waals surface area contributed by atoms with Crippen LogP contribution in [0.2, 0.25) is 0 Å². The van der Waals surface area contributed by atoms with Gasteiger partial charge in [0.1, 0.15) is 16.5 Å². The fourth-order valence-corrected chi connectivity index (χ4v) is 3.51. The predicted octanol–water partition coefficient (Wildman–Crippen LogP) is 2.72. The Hall–Kier alpha value is -1.24. The van der Waals surface area contributed by atoms with Gasteiger partial charge in [-0.15, -0.1) is 11.3 Å². The summed E-state index contributed by atoms with van der Waals surface area (Å²) in [4.78, 5) is 16.5. The molecule has 1 aliphatic heterocycles. The number of thiazole rings is 1. The molecule has 0 saturated heterocycles. The van der Waals surface area contributed by atoms with Crippen molar-refractivity contribution in [3.63, 3.8) is 0 Å². The molecule has 0 amide bonds. The van der Waals surface area contributed by atoms with E-state index in [1.807, 2.05) is 12.1 Å². The van der Waals surface area contributed by atoms with Gasteiger partial charge in [0.05, 0.1) is 6.61 Å². The van der Waals surface area contributed by atoms with Crippen LogP contribution in [0.5, 0.6) is 5.75 Å². The number of ketones is 1. The highest BCUT2D eigenvalue weighted by molar-refractivity contribution is 9.10. The van der Waals surface area contributed by atoms with Gasteiger partial charge in [-0.1, -0.05) is 15.9 Å². The molecule has 0 saturated carbocycles. The number of carbonyl (C=O) groups is 1. The number of fused-ring (bicyclic) bond motifs is 1. The SMILES string of the molecule is NCc1nc(C(=O)Cc2cc(Br)cc3c2OCC3)cs1. The summed E-state index contributed by atoms with van der Waals surface area (Å²) in [5, 5.41) is 2.55. The fourth-order valence-electron chi connectivity index (χ4n) is 2.27. The Morgan fingerprint density at radius 1 is 1.50 bits per heavy atom. The van der Waals surface area contributed by atoms with Crippen molar-refractivity contribution in [1.29, 1.82) is 0 Å². The maximum atomic E-state index is 12.3. The van der Waals surface area contributed by atoms with Crippen molar-refractivity contribution in [2.75, 3.05) is 6.61 Å². The van der Waals surface area contributed by atoms with Gasteiger partial charge in [-0.25, -0.2) is 4.98 Å². The van der Waals surface area contributed by atoms with Crippen molar-refractivity contribution >= 4 is 33.0 Å². The van der Waals surface area contributed by atoms with Gasteiger partial charge in [-0.3, -0.25) is 4.79 Å². The van der Waals surface area contributed by atoms with E-state index >= 15 is 0 Å². The molecule has 1 aliphatic rings. The van der Waals surface area contributed by atoms with Crippen LogP contribution in [0.1, 0.15) is 26.6 Å². The van der Waals surface area contributed by atoms with E-state index in [0.717, 1.165) is 32.8 Å². The molecule has 0 atom stereocenters. The topological polar surface area (TPSA) is 65.2 Å². The number of halogens is 1. The van der Waals surface area contributed by atoms with Crippen LogP contribution in [0.15, 0.2) is 22.0 Å². The molecule has 1 aromatic carbocycles. The number of nitrogens with two attached hydrogens (primary N) is 1. The first-order valence-electron chi connectivity index (χ1n) is 6.29. The number of hydrogen-bond acceptors (Lipinski definition) is 5. The van der Waals surface area contributed by atoms with Crippen LogP contribution >= 0.6 is 27.3 Å². The van der Waals surface area contributed by atoms with E-state index in [0.29, 0.717) is 25.3 Å². The molecule has 0 unspecified atom stereocenters. The van der Waals surface area contributed by atoms with Crippen LogP contribution in [0.4, 0.5) is 0 Å². The van der Waals surface area contributed by atoms with Gasteiger partial charge in [0, 0.05) is 34.8 Å². The van der Waals surface area contributed by atoms with E-state index < -0.39 is 0 Å². The van der Waals surface area contributed by atoms with E-state index in [2.05, 4.69) is 20.9 Å². The second kappa shape index (κ2) is 5.63. The zero-order chi connectivity index (χ0) is 14.1. The molecule has 0 fully saturated rings. The fraction of sp³-hybridized carbons (Fsp3) is 0.286. The van der Waals surface area contributed by atoms with Gasteiger partial charge >= 0.3 is 0 Å². The lowest BCUT2D eigenvalue weighted by molar-refractivity contribution is 0.0988. The van der Waals surface area contributed by atoms with Crippen LogP contribution in [0, 0.1) is 0 Å². The Kier molecular flexibility index (Phi) is 3.87. The number of ether oxygens (including phenoxy) is 1. The van der Waals surface area contributed by atoms with Crippen molar-refractivity contribution in [2.24, 2.45) is 5.73 Å². The number of carbonyl (C=O) groups excluding carboxylic acids is 1. The molecule has 20 heavy (non-hydrogen) atoms. The van der Waals surface area contributed by atoms with E-state index in [-0.39, 0.29) is 5.78 Å². The minimum Gasteiger partial charge on any atom is -0.493 e. The Morgan fingerprint density at radius 2 is 2.35 bits per heavy atom. The first kappa shape index (κ1) is 13.7. The zero-order valence-electron chi connectivity index (χ0n) is 10.7. The lowest BCUT2D eigenvalue weighted by Gasteiger charge is -2.07. The van der Waals surface area contributed by atoms with E-state index in [4.69, 9.17) is 10.5 Å². The van der Waals surface area contributed by atoms with E-state index in [1.165, 1.54) is 11.3 Å². The average Bonchev–Trinajstić information content (AvgIpc) is 3.06. The molecule has 104 valence electrons. The van der Waals surface area contributed by atoms with Crippen molar-refractivity contribution in [2.45, 2.75) is 19.4 Å². The molecule has 0 bridgehead atoms. The van der Waals surface area contributed by atoms with Gasteiger partial charge in [0.2, 0.25) is 0 Å². The average molecular weight is 353 g/mol. The first-order valence-corrected chi connectivity index (χ1v) is 7.96. The zero-order valence-corrected chi connectivity index (χ0v) is 13.1. The summed E-state index contributed by atoms with van der Waals surface area (Å²) in [6.07, 6.45) is 1.19. The molecule has 0 aliphatic carbocycles. The van der Waals surface area contributed by atoms with Gasteiger partial charge in [-0.05, 0) is 17.7 Å². The van der Waals surface area contributed by atoms with Crippen LogP contribution in [0.3, 0.4) is 0 Å². The second-order valence-electron chi connectivity index (χ2n) is 4.58. The number of nitrogens with zero attached hydrogens (tertiary/aromatic N) is 1. The largest absolute Gasteiger partial charge is 0.493 e. The number of rotatable bonds is 4. The Bertz CT molecular complexity index is 669. The van der Waals surface area contributed by atoms with E-state index in [1.54, 1.807) is 5.38 Å². The molecule has 3 rings (SSSR count). The molecule has 0 radical (unpaired) electrons. The molecule has 0 spiro atoms. The third-order valence-electron chi connectivity index (χ3n) is 3.19. The molecule has 6 heteroatoms. The van der Waals surface area contributed by atoms with Crippen LogP contribution in [-0.4, -0.2) is 17.4 Å². The van der Waals surface area contributed by atoms with Crippen molar-refractivity contribution in [1.82, 2.24) is 4.98 Å². The third kappa shape index (κ3) is 2.63. The summed E-state index contributed by atoms with van der Waals surface area (Å²) in [5.74, 6) is 0.854. The normalized spacial score (nSPS) is 13.1. The summed E-state index contributed by atoms with van der Waals surface area (Å²) in [7, 11) is 0. The number of benzene rings is 1. The highest BCUT2D eigenvalue weighted by atomic mass is 79.9. The Labute approximate surface area is 129 Å². The van der Waals surface area contributed by atoms with Gasteiger partial charge in [-0.2, -0.15) is 0 Å². The van der Waals surface area contributed by atoms with Gasteiger partial charge < -0.3 is 10.5 Å². The summed E-state index contributed by atoms with van der Waals surface area (Å²) >= 11 is 4.90. The molecule has 2 aromatic rings. The summed E-state index contributed by atoms with van der Waals surface area (Å²) in [6, 6.07) is 3.99. The molecule has 1 aromatic heterocycles. The number of hydrogen-bond donors (Lipinski definition) is 1. The minimum atomic E-state index is -0.00301. The second-order valence-corrected chi connectivity index (χ2v) is 6.44. The first-order chi connectivity index (χ1) is 9.67. The molecule has 2 heterocycles. The lowest BCUT2D eigenvalue weighted by atomic mass is 10.0. The van der Waals surface area contributed by atoms with E-state index in [9.17, 15) is 4.79 Å². The summed E-state index contributed by atoms with van der Waals surface area (Å²) in [5.41, 5.74) is 8.08. The van der Waals surface area contributed by atoms with Crippen LogP contribution in [-0.2, 0) is 19.4 Å². The smallest absolute Gasteiger partial charge is 0.186 e. The molecule has 2 N–H and O–H groups in total. The third-order valence-corrected chi connectivity index (χ3v) is 4.52. The summed E-state index contributed by atoms with van der Waals surface area (Å²) < 4.78 is 6.61. The standard InChI is InChI=1S/C14H13BrN2O2S/c15-10-3-8-1-2-19-14(8)9(4-10)5-12(18)11-7-20-13(6-16)17-11/h3-4,7H,1-2,5-6,16H2. The van der Waals surface area contributed by atoms with Gasteiger partial charge in [0.15, 0.2) is 5.78 Å². The molecule has 4 nitrogen and oxygen atoms in total. The highest BCUT2D eigenvalue weighted by Crippen LogP contribution is 2.33. The van der Waals surface area contributed by atoms with Crippen LogP contribution in [0.25, 0.3) is 0 Å².